The zero-order valence-electron chi connectivity index (χ0n) is 40.6. The second kappa shape index (κ2) is 17.3. The number of anilines is 6. The summed E-state index contributed by atoms with van der Waals surface area (Å²) in [5, 5.41) is 20.7. The Morgan fingerprint density at radius 2 is 0.737 bits per heavy atom. The van der Waals surface area contributed by atoms with E-state index in [9.17, 15) is 5.26 Å². The summed E-state index contributed by atoms with van der Waals surface area (Å²) >= 11 is 3.55. The lowest BCUT2D eigenvalue weighted by Gasteiger charge is -2.26. The SMILES string of the molecule is [C-]#[N+]c1cc(-n2c3cc(N(c4ccccc4)c4ccccc4)ccc3c3cc4c(cc32)sc2ccccc24)c(C#N)cc1-n1c2cc(N(c3ccccc3)c3ccccc3)ccc2c2cc3c(cc21)sc1ccccc13. The van der Waals surface area contributed by atoms with Crippen molar-refractivity contribution in [2.24, 2.45) is 0 Å². The summed E-state index contributed by atoms with van der Waals surface area (Å²) in [6.45, 7) is 9.08. The van der Waals surface area contributed by atoms with Crippen molar-refractivity contribution in [1.29, 1.82) is 5.26 Å². The van der Waals surface area contributed by atoms with Gasteiger partial charge in [0, 0.05) is 96.0 Å². The molecule has 11 aromatic carbocycles. The molecule has 0 spiro atoms. The van der Waals surface area contributed by atoms with Gasteiger partial charge in [0.15, 0.2) is 0 Å². The van der Waals surface area contributed by atoms with E-state index in [2.05, 4.69) is 236 Å². The first-order chi connectivity index (χ1) is 37.6. The molecule has 6 nitrogen and oxygen atoms in total. The van der Waals surface area contributed by atoms with E-state index in [1.807, 2.05) is 36.4 Å². The fourth-order valence-electron chi connectivity index (χ4n) is 11.6. The van der Waals surface area contributed by atoms with Crippen LogP contribution in [0.5, 0.6) is 0 Å². The van der Waals surface area contributed by atoms with Crippen molar-refractivity contribution < 1.29 is 0 Å². The fourth-order valence-corrected chi connectivity index (χ4v) is 13.8. The van der Waals surface area contributed by atoms with E-state index in [4.69, 9.17) is 6.57 Å². The van der Waals surface area contributed by atoms with Crippen LogP contribution in [0, 0.1) is 17.9 Å². The van der Waals surface area contributed by atoms with Gasteiger partial charge in [-0.15, -0.1) is 22.7 Å². The van der Waals surface area contributed by atoms with Gasteiger partial charge in [-0.2, -0.15) is 5.26 Å². The molecule has 15 rings (SSSR count). The lowest BCUT2D eigenvalue weighted by atomic mass is 10.1. The average molecular weight is 1010 g/mol. The van der Waals surface area contributed by atoms with Crippen molar-refractivity contribution in [2.75, 3.05) is 9.80 Å². The molecule has 0 aliphatic carbocycles. The molecule has 0 N–H and O–H groups in total. The van der Waals surface area contributed by atoms with Crippen LogP contribution < -0.4 is 9.80 Å². The number of hydrogen-bond donors (Lipinski definition) is 0. The van der Waals surface area contributed by atoms with Crippen LogP contribution >= 0.6 is 22.7 Å². The Bertz CT molecular complexity index is 4510. The molecule has 4 aromatic heterocycles. The molecule has 8 heteroatoms. The molecule has 0 unspecified atom stereocenters. The van der Waals surface area contributed by atoms with E-state index in [1.165, 1.54) is 30.9 Å². The maximum Gasteiger partial charge on any atom is 0.212 e. The minimum atomic E-state index is 0.432. The van der Waals surface area contributed by atoms with Crippen molar-refractivity contribution in [3.63, 3.8) is 0 Å². The Morgan fingerprint density at radius 3 is 1.16 bits per heavy atom. The van der Waals surface area contributed by atoms with Crippen LogP contribution in [0.3, 0.4) is 0 Å². The van der Waals surface area contributed by atoms with Crippen LogP contribution in [0.25, 0.3) is 100 Å². The first-order valence-electron chi connectivity index (χ1n) is 25.2. The molecule has 0 saturated heterocycles. The van der Waals surface area contributed by atoms with E-state index in [0.29, 0.717) is 22.6 Å². The molecule has 4 heterocycles. The third-order valence-corrected chi connectivity index (χ3v) is 17.2. The smallest absolute Gasteiger partial charge is 0.212 e. The first-order valence-corrected chi connectivity index (χ1v) is 26.8. The molecule has 354 valence electrons. The first kappa shape index (κ1) is 43.6. The minimum Gasteiger partial charge on any atom is -0.319 e. The monoisotopic (exact) mass is 1000 g/mol. The quantitative estimate of drug-likeness (QED) is 0.143. The van der Waals surface area contributed by atoms with Gasteiger partial charge in [-0.1, -0.05) is 121 Å². The number of fused-ring (bicyclic) bond motifs is 12. The third-order valence-electron chi connectivity index (χ3n) is 14.9. The molecule has 0 bridgehead atoms. The van der Waals surface area contributed by atoms with Gasteiger partial charge in [-0.25, -0.2) is 4.85 Å². The number of rotatable bonds is 8. The number of nitrogens with zero attached hydrogens (tertiary/aromatic N) is 6. The molecule has 15 aromatic rings. The lowest BCUT2D eigenvalue weighted by molar-refractivity contribution is 1.14. The number of nitriles is 1. The topological polar surface area (TPSA) is 44.5 Å². The average Bonchev–Trinajstić information content (AvgIpc) is 4.21. The van der Waals surface area contributed by atoms with Gasteiger partial charge >= 0.3 is 0 Å². The highest BCUT2D eigenvalue weighted by molar-refractivity contribution is 7.26. The van der Waals surface area contributed by atoms with Crippen molar-refractivity contribution >= 4 is 146 Å². The summed E-state index contributed by atoms with van der Waals surface area (Å²) in [5.74, 6) is 0. The van der Waals surface area contributed by atoms with Crippen LogP contribution in [0.1, 0.15) is 5.56 Å². The highest BCUT2D eigenvalue weighted by atomic mass is 32.1. The summed E-state index contributed by atoms with van der Waals surface area (Å²) in [5.41, 5.74) is 12.0. The van der Waals surface area contributed by atoms with Crippen LogP contribution in [0.4, 0.5) is 39.8 Å². The Labute approximate surface area is 445 Å². The van der Waals surface area contributed by atoms with Crippen molar-refractivity contribution in [1.82, 2.24) is 9.13 Å². The Balaban J connectivity index is 1.01. The number of aromatic nitrogens is 2. The molecular formula is C68H40N6S2. The normalized spacial score (nSPS) is 11.7. The van der Waals surface area contributed by atoms with Gasteiger partial charge in [-0.05, 0) is 121 Å². The number of thiophene rings is 2. The van der Waals surface area contributed by atoms with Crippen LogP contribution in [0.15, 0.2) is 243 Å². The van der Waals surface area contributed by atoms with Gasteiger partial charge < -0.3 is 18.9 Å². The maximum atomic E-state index is 11.6. The molecule has 0 aliphatic heterocycles. The second-order valence-corrected chi connectivity index (χ2v) is 21.3. The molecule has 0 fully saturated rings. The summed E-state index contributed by atoms with van der Waals surface area (Å²) in [6.07, 6.45) is 0. The predicted molar refractivity (Wildman–Crippen MR) is 321 cm³/mol. The maximum absolute atomic E-state index is 11.6. The van der Waals surface area contributed by atoms with Crippen molar-refractivity contribution in [3.8, 4) is 17.4 Å². The Kier molecular flexibility index (Phi) is 9.95. The molecular weight excluding hydrogens is 965 g/mol. The van der Waals surface area contributed by atoms with Crippen LogP contribution in [-0.2, 0) is 0 Å². The molecule has 0 saturated carbocycles. The largest absolute Gasteiger partial charge is 0.319 e. The summed E-state index contributed by atoms with van der Waals surface area (Å²) in [4.78, 5) is 8.94. The lowest BCUT2D eigenvalue weighted by Crippen LogP contribution is -2.10. The zero-order valence-corrected chi connectivity index (χ0v) is 42.2. The predicted octanol–water partition coefficient (Wildman–Crippen LogP) is 20.0. The molecule has 0 radical (unpaired) electrons. The van der Waals surface area contributed by atoms with Gasteiger partial charge in [-0.3, -0.25) is 0 Å². The Hall–Kier alpha value is -9.96. The van der Waals surface area contributed by atoms with E-state index < -0.39 is 0 Å². The van der Waals surface area contributed by atoms with Gasteiger partial charge in [0.1, 0.15) is 6.07 Å². The summed E-state index contributed by atoms with van der Waals surface area (Å²) in [7, 11) is 0. The molecule has 0 aliphatic rings. The molecule has 76 heavy (non-hydrogen) atoms. The highest BCUT2D eigenvalue weighted by Gasteiger charge is 2.25. The van der Waals surface area contributed by atoms with Crippen molar-refractivity contribution in [3.05, 3.63) is 260 Å². The second-order valence-electron chi connectivity index (χ2n) is 19.1. The summed E-state index contributed by atoms with van der Waals surface area (Å²) in [6, 6.07) is 88.0. The van der Waals surface area contributed by atoms with Gasteiger partial charge in [0.05, 0.1) is 45.6 Å². The van der Waals surface area contributed by atoms with E-state index in [0.717, 1.165) is 87.1 Å². The van der Waals surface area contributed by atoms with Crippen molar-refractivity contribution in [2.45, 2.75) is 0 Å². The highest BCUT2D eigenvalue weighted by Crippen LogP contribution is 2.48. The third kappa shape index (κ3) is 6.76. The molecule has 0 atom stereocenters. The van der Waals surface area contributed by atoms with E-state index in [-0.39, 0.29) is 0 Å². The van der Waals surface area contributed by atoms with Gasteiger partial charge in [0.2, 0.25) is 5.69 Å². The van der Waals surface area contributed by atoms with Crippen LogP contribution in [0.2, 0.25) is 0 Å². The molecule has 0 amide bonds. The minimum absolute atomic E-state index is 0.432. The van der Waals surface area contributed by atoms with E-state index in [1.54, 1.807) is 22.7 Å². The van der Waals surface area contributed by atoms with Gasteiger partial charge in [0.25, 0.3) is 0 Å². The summed E-state index contributed by atoms with van der Waals surface area (Å²) < 4.78 is 9.21. The zero-order chi connectivity index (χ0) is 50.4. The fraction of sp³-hybridized carbons (Fsp3) is 0. The number of benzene rings is 11. The number of para-hydroxylation sites is 4. The number of hydrogen-bond acceptors (Lipinski definition) is 5. The van der Waals surface area contributed by atoms with E-state index >= 15 is 0 Å². The standard InChI is InChI=1S/C68H40N6S2/c1-70-58-39-59(73-60-35-48(71(44-18-6-2-7-19-44)45-20-8-3-9-21-45)30-32-50(60)54-37-56-52-26-14-16-28-65(52)75-67(56)40-62(54)73)43(42-69)34-64(58)74-61-36-49(72(46-22-10-4-11-23-46)47-24-12-5-13-25-47)31-33-51(61)55-38-57-53-27-15-17-29-66(53)76-68(57)41-63(55)74/h2-41H. The van der Waals surface area contributed by atoms with Crippen LogP contribution in [-0.4, -0.2) is 9.13 Å². The Morgan fingerprint density at radius 1 is 0.342 bits per heavy atom.